The number of fused-ring (bicyclic) bond motifs is 1. The molecule has 0 aliphatic rings. The second-order valence-electron chi connectivity index (χ2n) is 4.52. The van der Waals surface area contributed by atoms with Gasteiger partial charge in [0, 0.05) is 12.6 Å². The molecule has 1 aromatic heterocycles. The molecule has 4 nitrogen and oxygen atoms in total. The summed E-state index contributed by atoms with van der Waals surface area (Å²) in [4.78, 5) is 0. The molecule has 0 aliphatic carbocycles. The fraction of sp³-hybridized carbons (Fsp3) is 0.462. The van der Waals surface area contributed by atoms with Gasteiger partial charge in [-0.3, -0.25) is 0 Å². The Hall–Kier alpha value is -1.17. The first-order valence-corrected chi connectivity index (χ1v) is 6.82. The summed E-state index contributed by atoms with van der Waals surface area (Å²) in [6, 6.07) is 6.22. The van der Waals surface area contributed by atoms with Crippen molar-refractivity contribution < 1.29 is 9.84 Å². The van der Waals surface area contributed by atoms with Crippen LogP contribution in [-0.4, -0.2) is 34.8 Å². The van der Waals surface area contributed by atoms with Gasteiger partial charge in [-0.05, 0) is 23.7 Å². The van der Waals surface area contributed by atoms with Gasteiger partial charge in [0.1, 0.15) is 18.5 Å². The molecule has 18 heavy (non-hydrogen) atoms. The number of ether oxygens (including phenoxy) is 1. The normalized spacial score (nSPS) is 13.1. The zero-order valence-corrected chi connectivity index (χ0v) is 11.4. The monoisotopic (exact) mass is 266 g/mol. The van der Waals surface area contributed by atoms with Gasteiger partial charge in [0.2, 0.25) is 0 Å². The Morgan fingerprint density at radius 1 is 1.44 bits per heavy atom. The van der Waals surface area contributed by atoms with Gasteiger partial charge in [-0.25, -0.2) is 0 Å². The Labute approximate surface area is 111 Å². The molecule has 0 radical (unpaired) electrons. The number of nitrogens with zero attached hydrogens (tertiary/aromatic N) is 1. The molecule has 2 rings (SSSR count). The molecule has 0 fully saturated rings. The van der Waals surface area contributed by atoms with Crippen molar-refractivity contribution in [2.24, 2.45) is 0 Å². The minimum atomic E-state index is -0.505. The molecule has 0 saturated carbocycles. The molecule has 0 amide bonds. The van der Waals surface area contributed by atoms with E-state index in [2.05, 4.69) is 9.69 Å². The van der Waals surface area contributed by atoms with Crippen LogP contribution in [0.3, 0.4) is 0 Å². The summed E-state index contributed by atoms with van der Waals surface area (Å²) in [5.41, 5.74) is 0. The third-order valence-corrected chi connectivity index (χ3v) is 3.32. The smallest absolute Gasteiger partial charge is 0.129 e. The Morgan fingerprint density at radius 3 is 3.06 bits per heavy atom. The second-order valence-corrected chi connectivity index (χ2v) is 5.35. The van der Waals surface area contributed by atoms with Crippen molar-refractivity contribution in [3.8, 4) is 5.75 Å². The molecule has 0 bridgehead atoms. The molecule has 2 aromatic rings. The highest BCUT2D eigenvalue weighted by molar-refractivity contribution is 7.13. The highest BCUT2D eigenvalue weighted by atomic mass is 32.1. The molecule has 0 spiro atoms. The number of aliphatic hydroxyl groups excluding tert-OH is 1. The number of benzene rings is 1. The van der Waals surface area contributed by atoms with Crippen LogP contribution in [0.1, 0.15) is 13.8 Å². The molecule has 5 heteroatoms. The molecule has 1 unspecified atom stereocenters. The van der Waals surface area contributed by atoms with E-state index in [0.717, 1.165) is 15.8 Å². The quantitative estimate of drug-likeness (QED) is 0.840. The van der Waals surface area contributed by atoms with Crippen molar-refractivity contribution in [1.82, 2.24) is 9.69 Å². The van der Waals surface area contributed by atoms with E-state index in [9.17, 15) is 5.11 Å². The first-order chi connectivity index (χ1) is 8.66. The van der Waals surface area contributed by atoms with E-state index >= 15 is 0 Å². The lowest BCUT2D eigenvalue weighted by atomic mass is 10.2. The maximum absolute atomic E-state index is 9.78. The van der Waals surface area contributed by atoms with Crippen molar-refractivity contribution in [3.63, 3.8) is 0 Å². The number of hydrogen-bond acceptors (Lipinski definition) is 5. The van der Waals surface area contributed by atoms with Crippen molar-refractivity contribution in [2.45, 2.75) is 26.0 Å². The van der Waals surface area contributed by atoms with E-state index in [1.807, 2.05) is 32.0 Å². The van der Waals surface area contributed by atoms with Crippen molar-refractivity contribution in [3.05, 3.63) is 24.4 Å². The van der Waals surface area contributed by atoms with E-state index in [4.69, 9.17) is 4.74 Å². The number of rotatable bonds is 6. The average Bonchev–Trinajstić information content (AvgIpc) is 2.82. The molecule has 1 atom stereocenters. The average molecular weight is 266 g/mol. The van der Waals surface area contributed by atoms with Gasteiger partial charge in [0.25, 0.3) is 0 Å². The fourth-order valence-corrected chi connectivity index (χ4v) is 2.27. The third-order valence-electron chi connectivity index (χ3n) is 2.55. The molecule has 2 N–H and O–H groups in total. The molecular weight excluding hydrogens is 248 g/mol. The van der Waals surface area contributed by atoms with E-state index in [0.29, 0.717) is 12.6 Å². The summed E-state index contributed by atoms with van der Waals surface area (Å²) in [5, 5.41) is 14.0. The summed E-state index contributed by atoms with van der Waals surface area (Å²) >= 11 is 1.45. The van der Waals surface area contributed by atoms with Crippen LogP contribution in [0.25, 0.3) is 10.1 Å². The number of aliphatic hydroxyl groups is 1. The van der Waals surface area contributed by atoms with Gasteiger partial charge in [-0.15, -0.1) is 0 Å². The van der Waals surface area contributed by atoms with Gasteiger partial charge < -0.3 is 15.2 Å². The summed E-state index contributed by atoms with van der Waals surface area (Å²) < 4.78 is 10.9. The number of nitrogens with one attached hydrogen (secondary N) is 1. The predicted molar refractivity (Wildman–Crippen MR) is 74.3 cm³/mol. The van der Waals surface area contributed by atoms with E-state index in [1.54, 1.807) is 6.20 Å². The maximum atomic E-state index is 9.78. The zero-order valence-electron chi connectivity index (χ0n) is 10.6. The van der Waals surface area contributed by atoms with Gasteiger partial charge in [0.15, 0.2) is 0 Å². The molecule has 98 valence electrons. The Kier molecular flexibility index (Phi) is 4.52. The lowest BCUT2D eigenvalue weighted by molar-refractivity contribution is 0.105. The van der Waals surface area contributed by atoms with Crippen molar-refractivity contribution in [1.29, 1.82) is 0 Å². The van der Waals surface area contributed by atoms with Gasteiger partial charge in [-0.2, -0.15) is 4.37 Å². The topological polar surface area (TPSA) is 54.4 Å². The van der Waals surface area contributed by atoms with E-state index in [-0.39, 0.29) is 6.61 Å². The van der Waals surface area contributed by atoms with E-state index in [1.165, 1.54) is 11.5 Å². The second kappa shape index (κ2) is 6.13. The molecule has 0 aliphatic heterocycles. The lowest BCUT2D eigenvalue weighted by Gasteiger charge is -2.15. The van der Waals surface area contributed by atoms with Gasteiger partial charge >= 0.3 is 0 Å². The lowest BCUT2D eigenvalue weighted by Crippen LogP contribution is -2.35. The van der Waals surface area contributed by atoms with Crippen LogP contribution in [0.4, 0.5) is 0 Å². The molecule has 0 saturated heterocycles. The van der Waals surface area contributed by atoms with Crippen molar-refractivity contribution in [2.75, 3.05) is 13.2 Å². The fourth-order valence-electron chi connectivity index (χ4n) is 1.61. The van der Waals surface area contributed by atoms with Crippen LogP contribution in [0.5, 0.6) is 5.75 Å². The highest BCUT2D eigenvalue weighted by Gasteiger charge is 2.08. The Balaban J connectivity index is 1.91. The minimum Gasteiger partial charge on any atom is -0.490 e. The third kappa shape index (κ3) is 3.41. The van der Waals surface area contributed by atoms with Crippen LogP contribution >= 0.6 is 11.5 Å². The van der Waals surface area contributed by atoms with Crippen LogP contribution in [0.15, 0.2) is 24.4 Å². The predicted octanol–water partition coefficient (Wildman–Crippen LogP) is 2.03. The SMILES string of the molecule is CC(C)NCC(O)COc1cccc2sncc12. The summed E-state index contributed by atoms with van der Waals surface area (Å²) in [6.45, 7) is 4.92. The first kappa shape index (κ1) is 13.3. The first-order valence-electron chi connectivity index (χ1n) is 6.04. The minimum absolute atomic E-state index is 0.286. The van der Waals surface area contributed by atoms with Crippen LogP contribution < -0.4 is 10.1 Å². The summed E-state index contributed by atoms with van der Waals surface area (Å²) in [7, 11) is 0. The Bertz CT molecular complexity index is 498. The van der Waals surface area contributed by atoms with Crippen molar-refractivity contribution >= 4 is 21.6 Å². The van der Waals surface area contributed by atoms with Gasteiger partial charge in [-0.1, -0.05) is 19.9 Å². The largest absolute Gasteiger partial charge is 0.490 e. The molecule has 1 aromatic carbocycles. The van der Waals surface area contributed by atoms with Crippen LogP contribution in [-0.2, 0) is 0 Å². The number of hydrogen-bond donors (Lipinski definition) is 2. The van der Waals surface area contributed by atoms with Crippen LogP contribution in [0, 0.1) is 0 Å². The standard InChI is InChI=1S/C13H18N2O2S/c1-9(2)14-6-10(16)8-17-12-4-3-5-13-11(12)7-15-18-13/h3-5,7,9-10,14,16H,6,8H2,1-2H3. The Morgan fingerprint density at radius 2 is 2.28 bits per heavy atom. The van der Waals surface area contributed by atoms with Gasteiger partial charge in [0.05, 0.1) is 16.3 Å². The highest BCUT2D eigenvalue weighted by Crippen LogP contribution is 2.27. The van der Waals surface area contributed by atoms with Crippen LogP contribution in [0.2, 0.25) is 0 Å². The number of aromatic nitrogens is 1. The molecular formula is C13H18N2O2S. The summed E-state index contributed by atoms with van der Waals surface area (Å²) in [6.07, 6.45) is 1.29. The molecule has 1 heterocycles. The summed E-state index contributed by atoms with van der Waals surface area (Å²) in [5.74, 6) is 0.782. The van der Waals surface area contributed by atoms with E-state index < -0.39 is 6.10 Å². The maximum Gasteiger partial charge on any atom is 0.129 e. The zero-order chi connectivity index (χ0) is 13.0.